The zero-order valence-corrected chi connectivity index (χ0v) is 14.3. The molecule has 0 saturated carbocycles. The second kappa shape index (κ2) is 8.50. The number of benzene rings is 3. The van der Waals surface area contributed by atoms with Crippen LogP contribution in [-0.4, -0.2) is 25.1 Å². The topological polar surface area (TPSA) is 88.4 Å². The maximum absolute atomic E-state index is 11.8. The van der Waals surface area contributed by atoms with Gasteiger partial charge in [-0.2, -0.15) is 5.26 Å². The first-order chi connectivity index (χ1) is 13.1. The molecule has 0 unspecified atom stereocenters. The summed E-state index contributed by atoms with van der Waals surface area (Å²) in [4.78, 5) is 23.6. The smallest absolute Gasteiger partial charge is 0.344 e. The van der Waals surface area contributed by atoms with E-state index >= 15 is 0 Å². The molecule has 0 aromatic heterocycles. The second-order valence-electron chi connectivity index (χ2n) is 5.70. The van der Waals surface area contributed by atoms with Gasteiger partial charge < -0.3 is 14.8 Å². The summed E-state index contributed by atoms with van der Waals surface area (Å²) in [6, 6.07) is 21.7. The second-order valence-corrected chi connectivity index (χ2v) is 5.70. The number of esters is 1. The van der Waals surface area contributed by atoms with Crippen molar-refractivity contribution in [2.45, 2.75) is 0 Å². The first kappa shape index (κ1) is 18.0. The lowest BCUT2D eigenvalue weighted by Crippen LogP contribution is -2.23. The molecule has 0 aliphatic carbocycles. The minimum atomic E-state index is -0.649. The molecular formula is C21H16N2O4. The molecule has 134 valence electrons. The quantitative estimate of drug-likeness (QED) is 0.682. The number of hydrogen-bond donors (Lipinski definition) is 1. The number of amides is 1. The van der Waals surface area contributed by atoms with Gasteiger partial charge in [0.2, 0.25) is 0 Å². The highest BCUT2D eigenvalue weighted by atomic mass is 16.6. The fraction of sp³-hybridized carbons (Fsp3) is 0.0952. The van der Waals surface area contributed by atoms with Crippen molar-refractivity contribution in [2.24, 2.45) is 0 Å². The lowest BCUT2D eigenvalue weighted by Gasteiger charge is -2.08. The van der Waals surface area contributed by atoms with Crippen LogP contribution >= 0.6 is 0 Å². The van der Waals surface area contributed by atoms with Gasteiger partial charge in [-0.05, 0) is 41.1 Å². The van der Waals surface area contributed by atoms with Crippen molar-refractivity contribution >= 4 is 28.3 Å². The van der Waals surface area contributed by atoms with Crippen LogP contribution in [0.1, 0.15) is 5.56 Å². The zero-order valence-electron chi connectivity index (χ0n) is 14.3. The molecule has 0 radical (unpaired) electrons. The van der Waals surface area contributed by atoms with E-state index < -0.39 is 18.5 Å². The highest BCUT2D eigenvalue weighted by Gasteiger charge is 2.09. The van der Waals surface area contributed by atoms with Gasteiger partial charge in [0, 0.05) is 5.69 Å². The standard InChI is InChI=1S/C21H16N2O4/c22-12-15-4-3-7-18(10-15)23-20(24)13-27-21(25)14-26-19-9-8-16-5-1-2-6-17(16)11-19/h1-11H,13-14H2,(H,23,24). The molecular weight excluding hydrogens is 344 g/mol. The third-order valence-corrected chi connectivity index (χ3v) is 3.72. The van der Waals surface area contributed by atoms with Crippen LogP contribution < -0.4 is 10.1 Å². The van der Waals surface area contributed by atoms with Crippen LogP contribution in [0.15, 0.2) is 66.7 Å². The van der Waals surface area contributed by atoms with Gasteiger partial charge in [-0.3, -0.25) is 4.79 Å². The predicted molar refractivity (Wildman–Crippen MR) is 100 cm³/mol. The molecule has 0 heterocycles. The summed E-state index contributed by atoms with van der Waals surface area (Å²) in [6.07, 6.45) is 0. The van der Waals surface area contributed by atoms with Crippen LogP contribution in [0.5, 0.6) is 5.75 Å². The van der Waals surface area contributed by atoms with Crippen molar-refractivity contribution < 1.29 is 19.1 Å². The Kier molecular flexibility index (Phi) is 5.65. The Morgan fingerprint density at radius 1 is 0.926 bits per heavy atom. The lowest BCUT2D eigenvalue weighted by atomic mass is 10.1. The van der Waals surface area contributed by atoms with E-state index in [-0.39, 0.29) is 6.61 Å². The molecule has 0 saturated heterocycles. The Hall–Kier alpha value is -3.85. The van der Waals surface area contributed by atoms with Gasteiger partial charge >= 0.3 is 5.97 Å². The highest BCUT2D eigenvalue weighted by Crippen LogP contribution is 2.20. The SMILES string of the molecule is N#Cc1cccc(NC(=O)COC(=O)COc2ccc3ccccc3c2)c1. The van der Waals surface area contributed by atoms with Crippen molar-refractivity contribution in [1.82, 2.24) is 0 Å². The van der Waals surface area contributed by atoms with Crippen molar-refractivity contribution in [2.75, 3.05) is 18.5 Å². The van der Waals surface area contributed by atoms with Gasteiger partial charge in [0.1, 0.15) is 5.75 Å². The summed E-state index contributed by atoms with van der Waals surface area (Å²) in [5.74, 6) is -0.600. The molecule has 1 amide bonds. The van der Waals surface area contributed by atoms with E-state index in [2.05, 4.69) is 5.32 Å². The molecule has 0 aliphatic heterocycles. The van der Waals surface area contributed by atoms with E-state index in [0.29, 0.717) is 17.0 Å². The molecule has 0 aliphatic rings. The van der Waals surface area contributed by atoms with Crippen molar-refractivity contribution in [1.29, 1.82) is 5.26 Å². The average Bonchev–Trinajstić information content (AvgIpc) is 2.70. The molecule has 27 heavy (non-hydrogen) atoms. The predicted octanol–water partition coefficient (Wildman–Crippen LogP) is 3.27. The third-order valence-electron chi connectivity index (χ3n) is 3.72. The number of ether oxygens (including phenoxy) is 2. The lowest BCUT2D eigenvalue weighted by molar-refractivity contribution is -0.149. The third kappa shape index (κ3) is 5.06. The molecule has 0 spiro atoms. The Bertz CT molecular complexity index is 1020. The summed E-state index contributed by atoms with van der Waals surface area (Å²) >= 11 is 0. The Labute approximate surface area is 155 Å². The molecule has 0 fully saturated rings. The summed E-state index contributed by atoms with van der Waals surface area (Å²) in [7, 11) is 0. The summed E-state index contributed by atoms with van der Waals surface area (Å²) in [6.45, 7) is -0.730. The van der Waals surface area contributed by atoms with Crippen LogP contribution in [0.2, 0.25) is 0 Å². The number of rotatable bonds is 6. The van der Waals surface area contributed by atoms with Crippen LogP contribution in [0.25, 0.3) is 10.8 Å². The van der Waals surface area contributed by atoms with Gasteiger partial charge in [-0.15, -0.1) is 0 Å². The molecule has 1 N–H and O–H groups in total. The first-order valence-corrected chi connectivity index (χ1v) is 8.21. The van der Waals surface area contributed by atoms with Gasteiger partial charge in [0.25, 0.3) is 5.91 Å². The number of fused-ring (bicyclic) bond motifs is 1. The molecule has 6 heteroatoms. The normalized spacial score (nSPS) is 10.0. The largest absolute Gasteiger partial charge is 0.482 e. The maximum atomic E-state index is 11.8. The van der Waals surface area contributed by atoms with E-state index in [9.17, 15) is 9.59 Å². The number of carbonyl (C=O) groups excluding carboxylic acids is 2. The summed E-state index contributed by atoms with van der Waals surface area (Å²) < 4.78 is 10.3. The molecule has 3 aromatic rings. The Morgan fingerprint density at radius 3 is 2.56 bits per heavy atom. The summed E-state index contributed by atoms with van der Waals surface area (Å²) in [5.41, 5.74) is 0.885. The number of nitriles is 1. The van der Waals surface area contributed by atoms with Crippen LogP contribution in [0, 0.1) is 11.3 Å². The number of carbonyl (C=O) groups is 2. The van der Waals surface area contributed by atoms with E-state index in [0.717, 1.165) is 10.8 Å². The van der Waals surface area contributed by atoms with Crippen molar-refractivity contribution in [3.63, 3.8) is 0 Å². The van der Waals surface area contributed by atoms with Gasteiger partial charge in [-0.1, -0.05) is 36.4 Å². The highest BCUT2D eigenvalue weighted by molar-refractivity contribution is 5.93. The Morgan fingerprint density at radius 2 is 1.74 bits per heavy atom. The molecule has 3 aromatic carbocycles. The minimum absolute atomic E-state index is 0.296. The number of hydrogen-bond acceptors (Lipinski definition) is 5. The van der Waals surface area contributed by atoms with E-state index in [1.807, 2.05) is 42.5 Å². The van der Waals surface area contributed by atoms with Gasteiger partial charge in [0.15, 0.2) is 13.2 Å². The van der Waals surface area contributed by atoms with Crippen LogP contribution in [0.4, 0.5) is 5.69 Å². The molecule has 6 nitrogen and oxygen atoms in total. The van der Waals surface area contributed by atoms with Gasteiger partial charge in [0.05, 0.1) is 11.6 Å². The maximum Gasteiger partial charge on any atom is 0.344 e. The fourth-order valence-corrected chi connectivity index (χ4v) is 2.45. The minimum Gasteiger partial charge on any atom is -0.482 e. The fourth-order valence-electron chi connectivity index (χ4n) is 2.45. The Balaban J connectivity index is 1.46. The average molecular weight is 360 g/mol. The van der Waals surface area contributed by atoms with Crippen molar-refractivity contribution in [3.8, 4) is 11.8 Å². The number of nitrogens with one attached hydrogen (secondary N) is 1. The summed E-state index contributed by atoms with van der Waals surface area (Å²) in [5, 5.41) is 13.5. The molecule has 0 atom stereocenters. The zero-order chi connectivity index (χ0) is 19.1. The first-order valence-electron chi connectivity index (χ1n) is 8.21. The number of nitrogens with zero attached hydrogens (tertiary/aromatic N) is 1. The van der Waals surface area contributed by atoms with E-state index in [1.165, 1.54) is 6.07 Å². The van der Waals surface area contributed by atoms with E-state index in [4.69, 9.17) is 14.7 Å². The van der Waals surface area contributed by atoms with E-state index in [1.54, 1.807) is 24.3 Å². The van der Waals surface area contributed by atoms with Crippen LogP contribution in [0.3, 0.4) is 0 Å². The number of anilines is 1. The van der Waals surface area contributed by atoms with Gasteiger partial charge in [-0.25, -0.2) is 4.79 Å². The molecule has 3 rings (SSSR count). The van der Waals surface area contributed by atoms with Crippen LogP contribution in [-0.2, 0) is 14.3 Å². The van der Waals surface area contributed by atoms with Crippen molar-refractivity contribution in [3.05, 3.63) is 72.3 Å². The monoisotopic (exact) mass is 360 g/mol. The molecule has 0 bridgehead atoms.